The molecule has 0 radical (unpaired) electrons. The van der Waals surface area contributed by atoms with E-state index in [0.29, 0.717) is 17.9 Å². The second kappa shape index (κ2) is 6.49. The summed E-state index contributed by atoms with van der Waals surface area (Å²) in [6, 6.07) is 7.29. The molecule has 1 fully saturated rings. The van der Waals surface area contributed by atoms with Gasteiger partial charge in [0.15, 0.2) is 0 Å². The van der Waals surface area contributed by atoms with Crippen molar-refractivity contribution in [1.82, 2.24) is 10.2 Å². The van der Waals surface area contributed by atoms with Gasteiger partial charge in [0.2, 0.25) is 0 Å². The van der Waals surface area contributed by atoms with Crippen molar-refractivity contribution in [3.8, 4) is 0 Å². The van der Waals surface area contributed by atoms with Crippen molar-refractivity contribution in [2.75, 3.05) is 26.2 Å². The highest BCUT2D eigenvalue weighted by Gasteiger charge is 2.22. The molecule has 2 rings (SSSR count). The molecule has 0 bridgehead atoms. The van der Waals surface area contributed by atoms with E-state index in [1.807, 2.05) is 12.1 Å². The molecular weight excluding hydrogens is 239 g/mol. The molecule has 0 amide bonds. The minimum absolute atomic E-state index is 0.158. The second-order valence-electron chi connectivity index (χ2n) is 6.05. The monoisotopic (exact) mass is 264 g/mol. The van der Waals surface area contributed by atoms with Gasteiger partial charge in [0.1, 0.15) is 5.82 Å². The van der Waals surface area contributed by atoms with Gasteiger partial charge in [-0.05, 0) is 49.5 Å². The van der Waals surface area contributed by atoms with Gasteiger partial charge in [-0.15, -0.1) is 0 Å². The van der Waals surface area contributed by atoms with Gasteiger partial charge in [-0.2, -0.15) is 0 Å². The molecule has 1 aromatic rings. The van der Waals surface area contributed by atoms with E-state index in [2.05, 4.69) is 31.0 Å². The second-order valence-corrected chi connectivity index (χ2v) is 6.05. The summed E-state index contributed by atoms with van der Waals surface area (Å²) in [5.74, 6) is 1.14. The highest BCUT2D eigenvalue weighted by molar-refractivity contribution is 5.19. The Morgan fingerprint density at radius 1 is 1.11 bits per heavy atom. The number of nitrogens with zero attached hydrogens (tertiary/aromatic N) is 1. The van der Waals surface area contributed by atoms with Crippen LogP contribution in [0.2, 0.25) is 0 Å². The van der Waals surface area contributed by atoms with Crippen LogP contribution in [-0.4, -0.2) is 31.1 Å². The zero-order valence-corrected chi connectivity index (χ0v) is 12.2. The van der Waals surface area contributed by atoms with Gasteiger partial charge in [0.25, 0.3) is 0 Å². The number of rotatable bonds is 2. The zero-order valence-electron chi connectivity index (χ0n) is 12.2. The predicted octanol–water partition coefficient (Wildman–Crippen LogP) is 3.06. The molecule has 1 heterocycles. The Morgan fingerprint density at radius 3 is 2.16 bits per heavy atom. The van der Waals surface area contributed by atoms with Crippen molar-refractivity contribution < 1.29 is 4.39 Å². The van der Waals surface area contributed by atoms with Crippen molar-refractivity contribution >= 4 is 0 Å². The molecule has 0 spiro atoms. The maximum absolute atomic E-state index is 13.0. The zero-order chi connectivity index (χ0) is 13.8. The van der Waals surface area contributed by atoms with Crippen molar-refractivity contribution in [2.45, 2.75) is 26.8 Å². The highest BCUT2D eigenvalue weighted by Crippen LogP contribution is 2.23. The van der Waals surface area contributed by atoms with Crippen LogP contribution in [0.25, 0.3) is 0 Å². The average molecular weight is 264 g/mol. The molecule has 3 heteroatoms. The minimum atomic E-state index is -0.158. The van der Waals surface area contributed by atoms with Crippen molar-refractivity contribution in [3.05, 3.63) is 35.6 Å². The third-order valence-corrected chi connectivity index (χ3v) is 3.98. The van der Waals surface area contributed by atoms with E-state index >= 15 is 0 Å². The average Bonchev–Trinajstić information content (AvgIpc) is 2.36. The van der Waals surface area contributed by atoms with E-state index in [9.17, 15) is 4.39 Å². The van der Waals surface area contributed by atoms with Crippen LogP contribution in [0.4, 0.5) is 4.39 Å². The normalized spacial score (nSPS) is 27.6. The molecule has 19 heavy (non-hydrogen) atoms. The number of hydrogen-bond acceptors (Lipinski definition) is 2. The molecular formula is C16H25FN2. The topological polar surface area (TPSA) is 15.3 Å². The number of benzene rings is 1. The van der Waals surface area contributed by atoms with E-state index in [0.717, 1.165) is 26.2 Å². The summed E-state index contributed by atoms with van der Waals surface area (Å²) in [5, 5.41) is 3.52. The first-order valence-electron chi connectivity index (χ1n) is 7.26. The molecule has 3 atom stereocenters. The quantitative estimate of drug-likeness (QED) is 0.883. The van der Waals surface area contributed by atoms with E-state index in [-0.39, 0.29) is 5.82 Å². The largest absolute Gasteiger partial charge is 0.316 e. The Balaban J connectivity index is 2.10. The van der Waals surface area contributed by atoms with Gasteiger partial charge in [-0.3, -0.25) is 4.90 Å². The van der Waals surface area contributed by atoms with Gasteiger partial charge >= 0.3 is 0 Å². The fourth-order valence-electron chi connectivity index (χ4n) is 2.85. The van der Waals surface area contributed by atoms with Gasteiger partial charge in [-0.1, -0.05) is 26.0 Å². The summed E-state index contributed by atoms with van der Waals surface area (Å²) >= 11 is 0. The Morgan fingerprint density at radius 2 is 1.63 bits per heavy atom. The molecule has 2 nitrogen and oxygen atoms in total. The molecule has 1 saturated heterocycles. The van der Waals surface area contributed by atoms with Gasteiger partial charge < -0.3 is 5.32 Å². The summed E-state index contributed by atoms with van der Waals surface area (Å²) in [6.45, 7) is 11.1. The first-order chi connectivity index (χ1) is 9.06. The Kier molecular flexibility index (Phi) is 4.94. The summed E-state index contributed by atoms with van der Waals surface area (Å²) in [5.41, 5.74) is 1.20. The van der Waals surface area contributed by atoms with Crippen LogP contribution in [-0.2, 0) is 0 Å². The molecule has 0 saturated carbocycles. The lowest BCUT2D eigenvalue weighted by molar-refractivity contribution is 0.142. The molecule has 1 aliphatic rings. The number of nitrogens with one attached hydrogen (secondary N) is 1. The lowest BCUT2D eigenvalue weighted by Gasteiger charge is -2.36. The molecule has 1 aromatic carbocycles. The van der Waals surface area contributed by atoms with Crippen LogP contribution in [0.1, 0.15) is 32.4 Å². The lowest BCUT2D eigenvalue weighted by atomic mass is 10.0. The minimum Gasteiger partial charge on any atom is -0.316 e. The van der Waals surface area contributed by atoms with E-state index in [1.54, 1.807) is 12.1 Å². The Bertz CT molecular complexity index is 378. The van der Waals surface area contributed by atoms with Crippen LogP contribution >= 0.6 is 0 Å². The van der Waals surface area contributed by atoms with Crippen LogP contribution in [0.15, 0.2) is 24.3 Å². The summed E-state index contributed by atoms with van der Waals surface area (Å²) in [7, 11) is 0. The van der Waals surface area contributed by atoms with E-state index < -0.39 is 0 Å². The molecule has 3 unspecified atom stereocenters. The summed E-state index contributed by atoms with van der Waals surface area (Å²) < 4.78 is 13.0. The fraction of sp³-hybridized carbons (Fsp3) is 0.625. The third kappa shape index (κ3) is 4.02. The van der Waals surface area contributed by atoms with Crippen LogP contribution in [0.5, 0.6) is 0 Å². The van der Waals surface area contributed by atoms with Crippen LogP contribution in [0.3, 0.4) is 0 Å². The molecule has 106 valence electrons. The van der Waals surface area contributed by atoms with Crippen molar-refractivity contribution in [3.63, 3.8) is 0 Å². The molecule has 1 aliphatic heterocycles. The van der Waals surface area contributed by atoms with Gasteiger partial charge in [0.05, 0.1) is 0 Å². The Hall–Kier alpha value is -0.930. The lowest BCUT2D eigenvalue weighted by Crippen LogP contribution is -2.43. The van der Waals surface area contributed by atoms with Crippen molar-refractivity contribution in [2.24, 2.45) is 11.8 Å². The first-order valence-corrected chi connectivity index (χ1v) is 7.26. The first kappa shape index (κ1) is 14.5. The SMILES string of the molecule is CC1CNCC(C)CN(C(C)c2ccc(F)cc2)C1. The third-order valence-electron chi connectivity index (χ3n) is 3.98. The van der Waals surface area contributed by atoms with Crippen LogP contribution < -0.4 is 5.32 Å². The smallest absolute Gasteiger partial charge is 0.123 e. The maximum atomic E-state index is 13.0. The molecule has 0 aliphatic carbocycles. The highest BCUT2D eigenvalue weighted by atomic mass is 19.1. The number of halogens is 1. The molecule has 1 N–H and O–H groups in total. The summed E-state index contributed by atoms with van der Waals surface area (Å²) in [4.78, 5) is 2.53. The molecule has 0 aromatic heterocycles. The van der Waals surface area contributed by atoms with E-state index in [4.69, 9.17) is 0 Å². The van der Waals surface area contributed by atoms with Gasteiger partial charge in [-0.25, -0.2) is 4.39 Å². The summed E-state index contributed by atoms with van der Waals surface area (Å²) in [6.07, 6.45) is 0. The maximum Gasteiger partial charge on any atom is 0.123 e. The fourth-order valence-corrected chi connectivity index (χ4v) is 2.85. The van der Waals surface area contributed by atoms with Gasteiger partial charge in [0, 0.05) is 19.1 Å². The number of hydrogen-bond donors (Lipinski definition) is 1. The standard InChI is InChI=1S/C16H25FN2/c1-12-8-18-9-13(2)11-19(10-12)14(3)15-4-6-16(17)7-5-15/h4-7,12-14,18H,8-11H2,1-3H3. The van der Waals surface area contributed by atoms with Crippen molar-refractivity contribution in [1.29, 1.82) is 0 Å². The predicted molar refractivity (Wildman–Crippen MR) is 77.6 cm³/mol. The van der Waals surface area contributed by atoms with Crippen LogP contribution in [0, 0.1) is 17.7 Å². The Labute approximate surface area is 116 Å². The van der Waals surface area contributed by atoms with E-state index in [1.165, 1.54) is 5.56 Å².